The van der Waals surface area contributed by atoms with Crippen molar-refractivity contribution >= 4 is 27.4 Å². The summed E-state index contributed by atoms with van der Waals surface area (Å²) in [4.78, 5) is 26.4. The molecule has 1 aliphatic heterocycles. The molecule has 2 N–H and O–H groups in total. The van der Waals surface area contributed by atoms with E-state index < -0.39 is 28.3 Å². The fourth-order valence-electron chi connectivity index (χ4n) is 3.07. The molecule has 0 spiro atoms. The lowest BCUT2D eigenvalue weighted by Gasteiger charge is -2.27. The van der Waals surface area contributed by atoms with Crippen molar-refractivity contribution < 1.29 is 27.9 Å². The summed E-state index contributed by atoms with van der Waals surface area (Å²) in [5.74, 6) is -1.01. The van der Waals surface area contributed by atoms with Crippen LogP contribution in [-0.2, 0) is 19.4 Å². The summed E-state index contributed by atoms with van der Waals surface area (Å²) in [7, 11) is -3.11. The molecule has 0 saturated carbocycles. The minimum absolute atomic E-state index is 0.0411. The lowest BCUT2D eigenvalue weighted by Crippen LogP contribution is -2.43. The number of carbonyl (C=O) groups is 2. The van der Waals surface area contributed by atoms with Gasteiger partial charge in [0.05, 0.1) is 23.7 Å². The second-order valence-electron chi connectivity index (χ2n) is 6.42. The highest BCUT2D eigenvalue weighted by atomic mass is 32.2. The standard InChI is InChI=1S/C18H26N2O6S/c1-2-9-20(14-7-11-27(24,25)13-14)17(22)12-26-18(23)15-5-3-4-6-16(15)19-8-10-21/h3-6,14,19,21H,2,7-13H2,1H3. The molecule has 0 aromatic heterocycles. The third-order valence-electron chi connectivity index (χ3n) is 4.33. The number of anilines is 1. The van der Waals surface area contributed by atoms with E-state index in [9.17, 15) is 18.0 Å². The fourth-order valence-corrected chi connectivity index (χ4v) is 4.80. The molecule has 0 bridgehead atoms. The minimum Gasteiger partial charge on any atom is -0.452 e. The highest BCUT2D eigenvalue weighted by Gasteiger charge is 2.34. The molecule has 1 fully saturated rings. The van der Waals surface area contributed by atoms with Gasteiger partial charge in [0, 0.05) is 24.8 Å². The molecule has 2 rings (SSSR count). The number of amides is 1. The Hall–Kier alpha value is -2.13. The summed E-state index contributed by atoms with van der Waals surface area (Å²) in [6.07, 6.45) is 1.10. The van der Waals surface area contributed by atoms with Crippen molar-refractivity contribution in [2.75, 3.05) is 43.1 Å². The Morgan fingerprint density at radius 2 is 2.07 bits per heavy atom. The molecule has 1 heterocycles. The number of carbonyl (C=O) groups excluding carboxylic acids is 2. The number of rotatable bonds is 9. The average molecular weight is 398 g/mol. The lowest BCUT2D eigenvalue weighted by atomic mass is 10.2. The predicted molar refractivity (Wildman–Crippen MR) is 101 cm³/mol. The van der Waals surface area contributed by atoms with Crippen LogP contribution < -0.4 is 5.32 Å². The van der Waals surface area contributed by atoms with Crippen LogP contribution in [0.1, 0.15) is 30.1 Å². The van der Waals surface area contributed by atoms with E-state index in [1.54, 1.807) is 24.3 Å². The van der Waals surface area contributed by atoms with Gasteiger partial charge in [0.25, 0.3) is 5.91 Å². The molecule has 150 valence electrons. The first kappa shape index (κ1) is 21.2. The molecule has 1 aromatic rings. The van der Waals surface area contributed by atoms with Gasteiger partial charge in [-0.3, -0.25) is 4.79 Å². The number of benzene rings is 1. The topological polar surface area (TPSA) is 113 Å². The van der Waals surface area contributed by atoms with Gasteiger partial charge in [-0.05, 0) is 25.0 Å². The van der Waals surface area contributed by atoms with E-state index in [-0.39, 0.29) is 36.3 Å². The van der Waals surface area contributed by atoms with E-state index in [0.717, 1.165) is 0 Å². The summed E-state index contributed by atoms with van der Waals surface area (Å²) in [6.45, 7) is 2.08. The third kappa shape index (κ3) is 5.93. The van der Waals surface area contributed by atoms with Gasteiger partial charge in [-0.15, -0.1) is 0 Å². The number of aliphatic hydroxyl groups is 1. The zero-order chi connectivity index (χ0) is 19.9. The van der Waals surface area contributed by atoms with Crippen LogP contribution in [0.15, 0.2) is 24.3 Å². The molecule has 0 aliphatic carbocycles. The number of para-hydroxylation sites is 1. The van der Waals surface area contributed by atoms with Crippen LogP contribution >= 0.6 is 0 Å². The van der Waals surface area contributed by atoms with Gasteiger partial charge in [0.15, 0.2) is 16.4 Å². The Morgan fingerprint density at radius 1 is 1.33 bits per heavy atom. The van der Waals surface area contributed by atoms with Gasteiger partial charge in [-0.2, -0.15) is 0 Å². The quantitative estimate of drug-likeness (QED) is 0.588. The molecule has 1 aliphatic rings. The Bertz CT molecular complexity index is 765. The molecule has 9 heteroatoms. The molecule has 1 saturated heterocycles. The van der Waals surface area contributed by atoms with E-state index in [0.29, 0.717) is 25.1 Å². The van der Waals surface area contributed by atoms with Crippen LogP contribution in [0.2, 0.25) is 0 Å². The Kier molecular flexibility index (Phi) is 7.61. The first-order valence-electron chi connectivity index (χ1n) is 8.98. The normalized spacial score (nSPS) is 18.1. The van der Waals surface area contributed by atoms with Crippen molar-refractivity contribution in [1.82, 2.24) is 4.90 Å². The minimum atomic E-state index is -3.11. The summed E-state index contributed by atoms with van der Waals surface area (Å²) in [5, 5.41) is 11.8. The first-order valence-corrected chi connectivity index (χ1v) is 10.8. The highest BCUT2D eigenvalue weighted by Crippen LogP contribution is 2.19. The van der Waals surface area contributed by atoms with Gasteiger partial charge in [0.2, 0.25) is 0 Å². The summed E-state index contributed by atoms with van der Waals surface area (Å²) >= 11 is 0. The van der Waals surface area contributed by atoms with Crippen molar-refractivity contribution in [3.8, 4) is 0 Å². The number of aliphatic hydroxyl groups excluding tert-OH is 1. The lowest BCUT2D eigenvalue weighted by molar-refractivity contribution is -0.136. The second kappa shape index (κ2) is 9.70. The molecule has 8 nitrogen and oxygen atoms in total. The molecular weight excluding hydrogens is 372 g/mol. The summed E-state index contributed by atoms with van der Waals surface area (Å²) in [6, 6.07) is 6.31. The number of esters is 1. The Labute approximate surface area is 159 Å². The zero-order valence-electron chi connectivity index (χ0n) is 15.4. The first-order chi connectivity index (χ1) is 12.9. The maximum absolute atomic E-state index is 12.5. The van der Waals surface area contributed by atoms with Gasteiger partial charge in [-0.25, -0.2) is 13.2 Å². The van der Waals surface area contributed by atoms with E-state index in [1.165, 1.54) is 4.90 Å². The van der Waals surface area contributed by atoms with E-state index in [2.05, 4.69) is 5.32 Å². The smallest absolute Gasteiger partial charge is 0.340 e. The molecule has 1 amide bonds. The third-order valence-corrected chi connectivity index (χ3v) is 6.09. The monoisotopic (exact) mass is 398 g/mol. The average Bonchev–Trinajstić information content (AvgIpc) is 3.01. The van der Waals surface area contributed by atoms with E-state index >= 15 is 0 Å². The predicted octanol–water partition coefficient (Wildman–Crippen LogP) is 0.673. The maximum atomic E-state index is 12.5. The molecular formula is C18H26N2O6S. The molecule has 0 radical (unpaired) electrons. The van der Waals surface area contributed by atoms with Gasteiger partial charge in [0.1, 0.15) is 0 Å². The van der Waals surface area contributed by atoms with Crippen LogP contribution in [0.5, 0.6) is 0 Å². The largest absolute Gasteiger partial charge is 0.452 e. The van der Waals surface area contributed by atoms with Crippen molar-refractivity contribution in [1.29, 1.82) is 0 Å². The molecule has 1 unspecified atom stereocenters. The molecule has 27 heavy (non-hydrogen) atoms. The summed E-state index contributed by atoms with van der Waals surface area (Å²) in [5.41, 5.74) is 0.778. The van der Waals surface area contributed by atoms with Crippen molar-refractivity contribution in [2.45, 2.75) is 25.8 Å². The zero-order valence-corrected chi connectivity index (χ0v) is 16.2. The van der Waals surface area contributed by atoms with Crippen molar-refractivity contribution in [3.05, 3.63) is 29.8 Å². The number of nitrogens with one attached hydrogen (secondary N) is 1. The SMILES string of the molecule is CCCN(C(=O)COC(=O)c1ccccc1NCCO)C1CCS(=O)(=O)C1. The van der Waals surface area contributed by atoms with Gasteiger partial charge < -0.3 is 20.1 Å². The Morgan fingerprint density at radius 3 is 2.70 bits per heavy atom. The van der Waals surface area contributed by atoms with Crippen molar-refractivity contribution in [2.24, 2.45) is 0 Å². The second-order valence-corrected chi connectivity index (χ2v) is 8.64. The van der Waals surface area contributed by atoms with Crippen LogP contribution in [0.3, 0.4) is 0 Å². The molecule has 1 atom stereocenters. The van der Waals surface area contributed by atoms with E-state index in [1.807, 2.05) is 6.92 Å². The number of nitrogens with zero attached hydrogens (tertiary/aromatic N) is 1. The van der Waals surface area contributed by atoms with Crippen LogP contribution in [0, 0.1) is 0 Å². The fraction of sp³-hybridized carbons (Fsp3) is 0.556. The van der Waals surface area contributed by atoms with Crippen LogP contribution in [-0.4, -0.2) is 74.2 Å². The highest BCUT2D eigenvalue weighted by molar-refractivity contribution is 7.91. The van der Waals surface area contributed by atoms with Crippen LogP contribution in [0.25, 0.3) is 0 Å². The van der Waals surface area contributed by atoms with Crippen LogP contribution in [0.4, 0.5) is 5.69 Å². The maximum Gasteiger partial charge on any atom is 0.340 e. The summed E-state index contributed by atoms with van der Waals surface area (Å²) < 4.78 is 28.6. The van der Waals surface area contributed by atoms with Crippen molar-refractivity contribution in [3.63, 3.8) is 0 Å². The number of sulfone groups is 1. The van der Waals surface area contributed by atoms with Gasteiger partial charge >= 0.3 is 5.97 Å². The number of ether oxygens (including phenoxy) is 1. The number of hydrogen-bond acceptors (Lipinski definition) is 7. The molecule has 1 aromatic carbocycles. The van der Waals surface area contributed by atoms with E-state index in [4.69, 9.17) is 9.84 Å². The Balaban J connectivity index is 1.99. The van der Waals surface area contributed by atoms with Gasteiger partial charge in [-0.1, -0.05) is 19.1 Å². The number of hydrogen-bond donors (Lipinski definition) is 2.